The van der Waals surface area contributed by atoms with Gasteiger partial charge in [-0.25, -0.2) is 13.6 Å². The van der Waals surface area contributed by atoms with Crippen LogP contribution >= 0.6 is 0 Å². The third-order valence-electron chi connectivity index (χ3n) is 6.03. The van der Waals surface area contributed by atoms with Crippen LogP contribution in [0.1, 0.15) is 22.3 Å². The SMILES string of the molecule is COC(=O)[C@@H](Cc1ccc(OCc2ccccc2)c(OCc2ccccc2)c1)NC(=O)Cc1cc(F)cc(F)c1. The summed E-state index contributed by atoms with van der Waals surface area (Å²) in [6.45, 7) is 0.636. The average molecular weight is 546 g/mol. The molecule has 0 unspecified atom stereocenters. The number of esters is 1. The Hall–Kier alpha value is -4.72. The Morgan fingerprint density at radius 2 is 1.27 bits per heavy atom. The molecule has 4 rings (SSSR count). The maximum Gasteiger partial charge on any atom is 0.328 e. The minimum atomic E-state index is -1.03. The Morgan fingerprint density at radius 1 is 0.700 bits per heavy atom. The smallest absolute Gasteiger partial charge is 0.328 e. The second-order valence-corrected chi connectivity index (χ2v) is 9.13. The second-order valence-electron chi connectivity index (χ2n) is 9.13. The molecule has 0 aliphatic rings. The number of halogens is 2. The van der Waals surface area contributed by atoms with Crippen molar-refractivity contribution >= 4 is 11.9 Å². The van der Waals surface area contributed by atoms with Crippen molar-refractivity contribution in [1.29, 1.82) is 0 Å². The molecule has 0 aromatic heterocycles. The van der Waals surface area contributed by atoms with Crippen LogP contribution in [-0.4, -0.2) is 25.0 Å². The van der Waals surface area contributed by atoms with E-state index in [0.717, 1.165) is 29.3 Å². The topological polar surface area (TPSA) is 73.9 Å². The van der Waals surface area contributed by atoms with Gasteiger partial charge in [-0.05, 0) is 46.5 Å². The van der Waals surface area contributed by atoms with Crippen molar-refractivity contribution in [2.75, 3.05) is 7.11 Å². The molecule has 4 aromatic rings. The van der Waals surface area contributed by atoms with Gasteiger partial charge in [0.05, 0.1) is 13.5 Å². The number of amides is 1. The molecule has 206 valence electrons. The number of hydrogen-bond acceptors (Lipinski definition) is 5. The van der Waals surface area contributed by atoms with E-state index in [9.17, 15) is 18.4 Å². The van der Waals surface area contributed by atoms with Crippen LogP contribution in [0.3, 0.4) is 0 Å². The number of benzene rings is 4. The lowest BCUT2D eigenvalue weighted by Crippen LogP contribution is -2.43. The first-order chi connectivity index (χ1) is 19.4. The van der Waals surface area contributed by atoms with Crippen LogP contribution in [0.15, 0.2) is 97.1 Å². The molecule has 40 heavy (non-hydrogen) atoms. The third-order valence-corrected chi connectivity index (χ3v) is 6.03. The summed E-state index contributed by atoms with van der Waals surface area (Å²) in [5, 5.41) is 2.61. The van der Waals surface area contributed by atoms with Gasteiger partial charge in [-0.1, -0.05) is 66.7 Å². The first-order valence-electron chi connectivity index (χ1n) is 12.7. The molecule has 1 N–H and O–H groups in total. The Morgan fingerprint density at radius 3 is 1.85 bits per heavy atom. The van der Waals surface area contributed by atoms with Gasteiger partial charge in [0.25, 0.3) is 0 Å². The lowest BCUT2D eigenvalue weighted by atomic mass is 10.0. The molecule has 0 aliphatic heterocycles. The fourth-order valence-corrected chi connectivity index (χ4v) is 4.10. The maximum atomic E-state index is 13.5. The van der Waals surface area contributed by atoms with Gasteiger partial charge in [0, 0.05) is 12.5 Å². The van der Waals surface area contributed by atoms with Gasteiger partial charge in [-0.15, -0.1) is 0 Å². The normalized spacial score (nSPS) is 11.4. The lowest BCUT2D eigenvalue weighted by molar-refractivity contribution is -0.145. The molecule has 4 aromatic carbocycles. The quantitative estimate of drug-likeness (QED) is 0.236. The maximum absolute atomic E-state index is 13.5. The van der Waals surface area contributed by atoms with Crippen molar-refractivity contribution in [1.82, 2.24) is 5.32 Å². The van der Waals surface area contributed by atoms with E-state index >= 15 is 0 Å². The summed E-state index contributed by atoms with van der Waals surface area (Å²) in [6.07, 6.45) is -0.212. The fourth-order valence-electron chi connectivity index (χ4n) is 4.10. The highest BCUT2D eigenvalue weighted by Crippen LogP contribution is 2.31. The molecule has 0 radical (unpaired) electrons. The van der Waals surface area contributed by atoms with Gasteiger partial charge in [-0.3, -0.25) is 4.79 Å². The van der Waals surface area contributed by atoms with Crippen LogP contribution in [0, 0.1) is 11.6 Å². The number of methoxy groups -OCH3 is 1. The van der Waals surface area contributed by atoms with Crippen molar-refractivity contribution in [3.8, 4) is 11.5 Å². The van der Waals surface area contributed by atoms with Crippen LogP contribution in [0.4, 0.5) is 8.78 Å². The van der Waals surface area contributed by atoms with Crippen molar-refractivity contribution in [2.45, 2.75) is 32.1 Å². The summed E-state index contributed by atoms with van der Waals surface area (Å²) in [7, 11) is 1.22. The highest BCUT2D eigenvalue weighted by Gasteiger charge is 2.23. The zero-order chi connectivity index (χ0) is 28.3. The molecular weight excluding hydrogens is 516 g/mol. The molecule has 6 nitrogen and oxygen atoms in total. The molecule has 1 amide bonds. The number of ether oxygens (including phenoxy) is 3. The standard InChI is InChI=1S/C32H29F2NO5/c1-38-32(37)28(35-31(36)18-25-14-26(33)19-27(34)15-25)16-24-12-13-29(39-20-22-8-4-2-5-9-22)30(17-24)40-21-23-10-6-3-7-11-23/h2-15,17,19,28H,16,18,20-21H2,1H3,(H,35,36)/t28-/m1/s1. The van der Waals surface area contributed by atoms with Crippen molar-refractivity contribution < 1.29 is 32.6 Å². The van der Waals surface area contributed by atoms with E-state index in [-0.39, 0.29) is 18.4 Å². The Labute approximate surface area is 231 Å². The van der Waals surface area contributed by atoms with Crippen molar-refractivity contribution in [3.05, 3.63) is 131 Å². The van der Waals surface area contributed by atoms with E-state index in [1.54, 1.807) is 18.2 Å². The van der Waals surface area contributed by atoms with Crippen LogP contribution in [0.2, 0.25) is 0 Å². The summed E-state index contributed by atoms with van der Waals surface area (Å²) in [6, 6.07) is 26.5. The van der Waals surface area contributed by atoms with E-state index in [2.05, 4.69) is 5.32 Å². The fraction of sp³-hybridized carbons (Fsp3) is 0.188. The van der Waals surface area contributed by atoms with E-state index in [4.69, 9.17) is 14.2 Å². The molecule has 0 saturated heterocycles. The largest absolute Gasteiger partial charge is 0.485 e. The molecule has 0 aliphatic carbocycles. The van der Waals surface area contributed by atoms with Crippen molar-refractivity contribution in [3.63, 3.8) is 0 Å². The number of rotatable bonds is 12. The van der Waals surface area contributed by atoms with E-state index < -0.39 is 29.6 Å². The van der Waals surface area contributed by atoms with Gasteiger partial charge >= 0.3 is 5.97 Å². The van der Waals surface area contributed by atoms with Crippen LogP contribution < -0.4 is 14.8 Å². The van der Waals surface area contributed by atoms with Gasteiger partial charge < -0.3 is 19.5 Å². The predicted octanol–water partition coefficient (Wildman–Crippen LogP) is 5.57. The first kappa shape index (κ1) is 28.3. The summed E-state index contributed by atoms with van der Waals surface area (Å²) >= 11 is 0. The lowest BCUT2D eigenvalue weighted by Gasteiger charge is -2.19. The van der Waals surface area contributed by atoms with Crippen LogP contribution in [-0.2, 0) is 40.4 Å². The average Bonchev–Trinajstić information content (AvgIpc) is 2.95. The first-order valence-corrected chi connectivity index (χ1v) is 12.7. The summed E-state index contributed by atoms with van der Waals surface area (Å²) < 4.78 is 44.1. The Kier molecular flexibility index (Phi) is 9.83. The minimum absolute atomic E-state index is 0.0938. The molecule has 0 spiro atoms. The molecule has 0 bridgehead atoms. The molecule has 8 heteroatoms. The number of carbonyl (C=O) groups is 2. The van der Waals surface area contributed by atoms with E-state index in [0.29, 0.717) is 30.3 Å². The molecule has 0 heterocycles. The third kappa shape index (κ3) is 8.39. The molecule has 0 fully saturated rings. The second kappa shape index (κ2) is 13.9. The van der Waals surface area contributed by atoms with Crippen molar-refractivity contribution in [2.24, 2.45) is 0 Å². The van der Waals surface area contributed by atoms with E-state index in [1.165, 1.54) is 7.11 Å². The van der Waals surface area contributed by atoms with Crippen LogP contribution in [0.25, 0.3) is 0 Å². The highest BCUT2D eigenvalue weighted by molar-refractivity contribution is 5.85. The summed E-state index contributed by atoms with van der Waals surface area (Å²) in [4.78, 5) is 25.2. The van der Waals surface area contributed by atoms with Gasteiger partial charge in [0.15, 0.2) is 11.5 Å². The number of nitrogens with one attached hydrogen (secondary N) is 1. The zero-order valence-electron chi connectivity index (χ0n) is 21.9. The van der Waals surface area contributed by atoms with Gasteiger partial charge in [0.1, 0.15) is 30.9 Å². The molecule has 1 atom stereocenters. The molecule has 0 saturated carbocycles. The number of carbonyl (C=O) groups excluding carboxylic acids is 2. The highest BCUT2D eigenvalue weighted by atomic mass is 19.1. The van der Waals surface area contributed by atoms with E-state index in [1.807, 2.05) is 60.7 Å². The summed E-state index contributed by atoms with van der Waals surface area (Å²) in [5.74, 6) is -1.81. The van der Waals surface area contributed by atoms with Gasteiger partial charge in [-0.2, -0.15) is 0 Å². The molecular formula is C32H29F2NO5. The summed E-state index contributed by atoms with van der Waals surface area (Å²) in [5.41, 5.74) is 2.79. The predicted molar refractivity (Wildman–Crippen MR) is 146 cm³/mol. The Bertz CT molecular complexity index is 1410. The van der Waals surface area contributed by atoms with Gasteiger partial charge in [0.2, 0.25) is 5.91 Å². The Balaban J connectivity index is 1.50. The monoisotopic (exact) mass is 545 g/mol. The number of hydrogen-bond donors (Lipinski definition) is 1. The minimum Gasteiger partial charge on any atom is -0.485 e. The van der Waals surface area contributed by atoms with Crippen LogP contribution in [0.5, 0.6) is 11.5 Å². The zero-order valence-corrected chi connectivity index (χ0v) is 21.9.